The molecule has 0 aliphatic rings. The van der Waals surface area contributed by atoms with Crippen molar-refractivity contribution >= 4 is 22.7 Å². The highest BCUT2D eigenvalue weighted by Crippen LogP contribution is 2.32. The van der Waals surface area contributed by atoms with Crippen LogP contribution in [0, 0.1) is 25.7 Å². The lowest BCUT2D eigenvalue weighted by atomic mass is 9.88. The molecule has 0 spiro atoms. The molecule has 0 radical (unpaired) electrons. The average Bonchev–Trinajstić information content (AvgIpc) is 2.77. The number of carbonyl (C=O) groups is 2. The van der Waals surface area contributed by atoms with Gasteiger partial charge in [0.25, 0.3) is 0 Å². The van der Waals surface area contributed by atoms with Crippen molar-refractivity contribution in [3.63, 3.8) is 0 Å². The van der Waals surface area contributed by atoms with Gasteiger partial charge in [0.15, 0.2) is 0 Å². The second-order valence-corrected chi connectivity index (χ2v) is 7.08. The van der Waals surface area contributed by atoms with E-state index in [1.54, 1.807) is 6.92 Å². The van der Waals surface area contributed by atoms with Gasteiger partial charge in [0.1, 0.15) is 0 Å². The fraction of sp³-hybridized carbons (Fsp3) is 0.231. The predicted octanol–water partition coefficient (Wildman–Crippen LogP) is 4.99. The number of methoxy groups -OCH3 is 2. The Bertz CT molecular complexity index is 1190. The Kier molecular flexibility index (Phi) is 6.23. The van der Waals surface area contributed by atoms with Crippen LogP contribution >= 0.6 is 0 Å². The molecule has 30 heavy (non-hydrogen) atoms. The number of ether oxygens (including phenoxy) is 2. The normalized spacial score (nSPS) is 10.3. The molecular formula is C26H24O4. The van der Waals surface area contributed by atoms with Gasteiger partial charge in [0.05, 0.1) is 25.3 Å². The molecule has 3 rings (SSSR count). The zero-order valence-corrected chi connectivity index (χ0v) is 17.9. The first-order valence-electron chi connectivity index (χ1n) is 9.75. The van der Waals surface area contributed by atoms with Crippen LogP contribution in [0.3, 0.4) is 0 Å². The molecule has 0 fully saturated rings. The molecule has 0 unspecified atom stereocenters. The predicted molar refractivity (Wildman–Crippen MR) is 118 cm³/mol. The van der Waals surface area contributed by atoms with Crippen LogP contribution in [0.1, 0.15) is 55.5 Å². The molecular weight excluding hydrogens is 376 g/mol. The molecule has 0 amide bonds. The summed E-state index contributed by atoms with van der Waals surface area (Å²) in [6.45, 7) is 5.82. The molecule has 4 heteroatoms. The van der Waals surface area contributed by atoms with Crippen molar-refractivity contribution in [3.05, 3.63) is 81.4 Å². The molecule has 0 saturated heterocycles. The van der Waals surface area contributed by atoms with Crippen LogP contribution in [0.2, 0.25) is 0 Å². The number of benzene rings is 3. The second kappa shape index (κ2) is 8.84. The highest BCUT2D eigenvalue weighted by molar-refractivity contribution is 6.15. The maximum Gasteiger partial charge on any atom is 0.339 e. The van der Waals surface area contributed by atoms with Crippen LogP contribution in [0.5, 0.6) is 0 Å². The monoisotopic (exact) mass is 400 g/mol. The Morgan fingerprint density at radius 3 is 2.07 bits per heavy atom. The summed E-state index contributed by atoms with van der Waals surface area (Å²) < 4.78 is 9.96. The molecule has 3 aromatic rings. The van der Waals surface area contributed by atoms with E-state index < -0.39 is 11.9 Å². The van der Waals surface area contributed by atoms with Crippen LogP contribution in [-0.2, 0) is 15.9 Å². The Labute approximate surface area is 176 Å². The molecule has 0 N–H and O–H groups in total. The van der Waals surface area contributed by atoms with Crippen LogP contribution in [0.15, 0.2) is 42.5 Å². The van der Waals surface area contributed by atoms with Gasteiger partial charge in [-0.25, -0.2) is 9.59 Å². The van der Waals surface area contributed by atoms with Crippen molar-refractivity contribution in [1.29, 1.82) is 0 Å². The van der Waals surface area contributed by atoms with E-state index in [0.29, 0.717) is 16.5 Å². The number of esters is 2. The summed E-state index contributed by atoms with van der Waals surface area (Å²) in [7, 11) is 2.60. The number of fused-ring (bicyclic) bond motifs is 1. The number of carbonyl (C=O) groups excluding carboxylic acids is 2. The number of rotatable bonds is 3. The third-order valence-electron chi connectivity index (χ3n) is 5.19. The van der Waals surface area contributed by atoms with Crippen LogP contribution in [0.4, 0.5) is 0 Å². The van der Waals surface area contributed by atoms with Gasteiger partial charge in [0, 0.05) is 11.1 Å². The first kappa shape index (κ1) is 21.1. The van der Waals surface area contributed by atoms with Gasteiger partial charge in [-0.1, -0.05) is 54.7 Å². The topological polar surface area (TPSA) is 52.6 Å². The first-order chi connectivity index (χ1) is 14.4. The molecule has 0 aliphatic heterocycles. The third kappa shape index (κ3) is 3.92. The van der Waals surface area contributed by atoms with E-state index in [0.717, 1.165) is 22.9 Å². The molecule has 0 heterocycles. The molecule has 0 aliphatic carbocycles. The fourth-order valence-electron chi connectivity index (χ4n) is 3.52. The zero-order valence-electron chi connectivity index (χ0n) is 17.9. The van der Waals surface area contributed by atoms with Gasteiger partial charge < -0.3 is 9.47 Å². The summed E-state index contributed by atoms with van der Waals surface area (Å²) in [5.41, 5.74) is 4.76. The maximum absolute atomic E-state index is 12.6. The minimum atomic E-state index is -0.591. The quantitative estimate of drug-likeness (QED) is 0.459. The minimum Gasteiger partial charge on any atom is -0.465 e. The van der Waals surface area contributed by atoms with Crippen molar-refractivity contribution in [1.82, 2.24) is 0 Å². The Morgan fingerprint density at radius 1 is 0.833 bits per heavy atom. The number of hydrogen-bond donors (Lipinski definition) is 0. The van der Waals surface area contributed by atoms with Crippen molar-refractivity contribution in [3.8, 4) is 11.8 Å². The zero-order chi connectivity index (χ0) is 21.8. The maximum atomic E-state index is 12.6. The molecule has 0 bridgehead atoms. The molecule has 0 saturated carbocycles. The van der Waals surface area contributed by atoms with Gasteiger partial charge in [0.2, 0.25) is 0 Å². The number of hydrogen-bond acceptors (Lipinski definition) is 4. The Hall–Kier alpha value is -3.58. The Morgan fingerprint density at radius 2 is 1.47 bits per heavy atom. The van der Waals surface area contributed by atoms with Gasteiger partial charge in [-0.2, -0.15) is 0 Å². The molecule has 0 aromatic heterocycles. The summed E-state index contributed by atoms with van der Waals surface area (Å²) in [6.07, 6.45) is 0.967. The smallest absolute Gasteiger partial charge is 0.339 e. The molecule has 3 aromatic carbocycles. The summed E-state index contributed by atoms with van der Waals surface area (Å²) in [4.78, 5) is 25.2. The largest absolute Gasteiger partial charge is 0.465 e. The van der Waals surface area contributed by atoms with Crippen LogP contribution in [0.25, 0.3) is 10.8 Å². The van der Waals surface area contributed by atoms with Crippen molar-refractivity contribution in [2.24, 2.45) is 0 Å². The second-order valence-electron chi connectivity index (χ2n) is 7.08. The molecule has 4 nitrogen and oxygen atoms in total. The van der Waals surface area contributed by atoms with E-state index in [1.165, 1.54) is 19.8 Å². The van der Waals surface area contributed by atoms with Gasteiger partial charge >= 0.3 is 11.9 Å². The van der Waals surface area contributed by atoms with Crippen molar-refractivity contribution in [2.75, 3.05) is 14.2 Å². The average molecular weight is 400 g/mol. The summed E-state index contributed by atoms with van der Waals surface area (Å²) in [6, 6.07) is 13.8. The lowest BCUT2D eigenvalue weighted by Gasteiger charge is -2.16. The highest BCUT2D eigenvalue weighted by atomic mass is 16.5. The lowest BCUT2D eigenvalue weighted by Crippen LogP contribution is -2.15. The Balaban J connectivity index is 2.34. The number of aryl methyl sites for hydroxylation is 2. The summed E-state index contributed by atoms with van der Waals surface area (Å²) in [5.74, 6) is 5.24. The van der Waals surface area contributed by atoms with Crippen LogP contribution < -0.4 is 0 Å². The van der Waals surface area contributed by atoms with E-state index in [1.807, 2.05) is 37.3 Å². The first-order valence-corrected chi connectivity index (χ1v) is 9.75. The summed E-state index contributed by atoms with van der Waals surface area (Å²) in [5, 5.41) is 1.42. The van der Waals surface area contributed by atoms with Gasteiger partial charge in [-0.3, -0.25) is 0 Å². The van der Waals surface area contributed by atoms with Gasteiger partial charge in [-0.15, -0.1) is 0 Å². The van der Waals surface area contributed by atoms with E-state index in [4.69, 9.17) is 9.47 Å². The molecule has 152 valence electrons. The van der Waals surface area contributed by atoms with Crippen molar-refractivity contribution in [2.45, 2.75) is 27.2 Å². The van der Waals surface area contributed by atoms with E-state index >= 15 is 0 Å². The standard InChI is InChI=1S/C26H24O4/c1-6-18-8-10-19(11-9-18)12-14-20-17(3)23(25(27)29-4)24(26(28)30-5)22-15-16(2)7-13-21(20)22/h7-11,13,15H,6H2,1-5H3. The SMILES string of the molecule is CCc1ccc(C#Cc2c(C)c(C(=O)OC)c(C(=O)OC)c3cc(C)ccc23)cc1. The van der Waals surface area contributed by atoms with E-state index in [2.05, 4.69) is 30.9 Å². The van der Waals surface area contributed by atoms with E-state index in [-0.39, 0.29) is 11.1 Å². The highest BCUT2D eigenvalue weighted by Gasteiger charge is 2.26. The summed E-state index contributed by atoms with van der Waals surface area (Å²) >= 11 is 0. The van der Waals surface area contributed by atoms with Gasteiger partial charge in [-0.05, 0) is 54.3 Å². The van der Waals surface area contributed by atoms with E-state index in [9.17, 15) is 9.59 Å². The van der Waals surface area contributed by atoms with Crippen LogP contribution in [-0.4, -0.2) is 26.2 Å². The third-order valence-corrected chi connectivity index (χ3v) is 5.19. The lowest BCUT2D eigenvalue weighted by molar-refractivity contribution is 0.0556. The fourth-order valence-corrected chi connectivity index (χ4v) is 3.52. The van der Waals surface area contributed by atoms with Crippen molar-refractivity contribution < 1.29 is 19.1 Å². The minimum absolute atomic E-state index is 0.188. The molecule has 0 atom stereocenters.